The molecule has 108 valence electrons. The molecular formula is C15H29N2W-3. The molecule has 0 aliphatic carbocycles. The summed E-state index contributed by atoms with van der Waals surface area (Å²) >= 11 is -0.780. The number of nitrogens with zero attached hydrogens (tertiary/aromatic N) is 2. The number of hydrogen-bond acceptors (Lipinski definition) is 2. The average molecular weight is 421 g/mol. The van der Waals surface area contributed by atoms with E-state index in [1.807, 2.05) is 30.3 Å². The van der Waals surface area contributed by atoms with Gasteiger partial charge in [-0.05, 0) is 0 Å². The molecule has 1 rings (SSSR count). The molecule has 0 N–H and O–H groups in total. The Morgan fingerprint density at radius 1 is 0.778 bits per heavy atom. The molecule has 0 fully saturated rings. The largest absolute Gasteiger partial charge is 0.358 e. The van der Waals surface area contributed by atoms with Gasteiger partial charge in [-0.15, -0.1) is 0 Å². The molecule has 0 amide bonds. The third kappa shape index (κ3) is 21.0. The number of hydrogen-bond donors (Lipinski definition) is 0. The normalized spacial score (nSPS) is 9.89. The summed E-state index contributed by atoms with van der Waals surface area (Å²) in [6.45, 7) is 12.8. The summed E-state index contributed by atoms with van der Waals surface area (Å²) in [7, 11) is 0. The number of rotatable bonds is 0. The molecule has 0 heterocycles. The van der Waals surface area contributed by atoms with Crippen LogP contribution in [-0.2, 0) is 18.2 Å². The molecule has 1 aromatic rings. The van der Waals surface area contributed by atoms with Crippen molar-refractivity contribution >= 4 is 0 Å². The van der Waals surface area contributed by atoms with Gasteiger partial charge in [0.2, 0.25) is 0 Å². The van der Waals surface area contributed by atoms with Gasteiger partial charge in [0.15, 0.2) is 0 Å². The van der Waals surface area contributed by atoms with E-state index in [1.54, 1.807) is 0 Å². The zero-order valence-electron chi connectivity index (χ0n) is 13.2. The van der Waals surface area contributed by atoms with E-state index in [0.717, 1.165) is 0 Å². The van der Waals surface area contributed by atoms with Gasteiger partial charge < -0.3 is 14.9 Å². The van der Waals surface area contributed by atoms with Gasteiger partial charge in [0, 0.05) is 0 Å². The second-order valence-corrected chi connectivity index (χ2v) is 7.47. The summed E-state index contributed by atoms with van der Waals surface area (Å²) in [4.78, 5) is 0. The second-order valence-electron chi connectivity index (χ2n) is 5.57. The Balaban J connectivity index is -0.000000272. The molecule has 0 atom stereocenters. The van der Waals surface area contributed by atoms with Crippen molar-refractivity contribution in [3.63, 3.8) is 0 Å². The second kappa shape index (κ2) is 10.6. The van der Waals surface area contributed by atoms with Crippen molar-refractivity contribution in [1.82, 2.24) is 0 Å². The topological polar surface area (TPSA) is 24.7 Å². The molecule has 2 nitrogen and oxygen atoms in total. The molecule has 0 aliphatic heterocycles. The smallest absolute Gasteiger partial charge is 0.172 e. The molecule has 1 aromatic carbocycles. The Kier molecular flexibility index (Phi) is 13.4. The van der Waals surface area contributed by atoms with Crippen molar-refractivity contribution in [3.05, 3.63) is 45.2 Å². The van der Waals surface area contributed by atoms with E-state index < -0.39 is 18.2 Å². The van der Waals surface area contributed by atoms with Crippen LogP contribution in [0.1, 0.15) is 41.5 Å². The molecule has 0 aliphatic rings. The van der Waals surface area contributed by atoms with Crippen molar-refractivity contribution in [2.45, 2.75) is 52.6 Å². The fourth-order valence-electron chi connectivity index (χ4n) is 0.586. The maximum atomic E-state index is 4.54. The maximum Gasteiger partial charge on any atom is -0.172 e. The first-order valence-electron chi connectivity index (χ1n) is 5.48. The third-order valence-electron chi connectivity index (χ3n) is 1.18. The minimum Gasteiger partial charge on any atom is -0.358 e. The van der Waals surface area contributed by atoms with Crippen LogP contribution in [0.2, 0.25) is 0 Å². The van der Waals surface area contributed by atoms with Crippen molar-refractivity contribution in [1.29, 1.82) is 0 Å². The fraction of sp³-hybridized carbons (Fsp3) is 0.533. The van der Waals surface area contributed by atoms with Gasteiger partial charge in [0.25, 0.3) is 0 Å². The predicted molar refractivity (Wildman–Crippen MR) is 79.2 cm³/mol. The van der Waals surface area contributed by atoms with Gasteiger partial charge in [-0.1, -0.05) is 0 Å². The van der Waals surface area contributed by atoms with E-state index in [1.165, 1.54) is 0 Å². The van der Waals surface area contributed by atoms with E-state index >= 15 is 0 Å². The van der Waals surface area contributed by atoms with E-state index in [0.29, 0.717) is 0 Å². The zero-order chi connectivity index (χ0) is 12.7. The standard InChI is InChI=1S/C5H5.2C4H9N.2CH3.W/c1-2-4-5-3-1;2*1-4(2,3)5;;;/h1-5H;2*1-3H3;2*1H3;/q-1;;;2*-1;. The molecule has 0 radical (unpaired) electrons. The minimum atomic E-state index is -0.780. The van der Waals surface area contributed by atoms with Crippen LogP contribution in [0.5, 0.6) is 0 Å². The molecule has 0 saturated carbocycles. The fourth-order valence-corrected chi connectivity index (χ4v) is 2.49. The Bertz CT molecular complexity index is 285. The Morgan fingerprint density at radius 3 is 1.28 bits per heavy atom. The van der Waals surface area contributed by atoms with Crippen LogP contribution >= 0.6 is 0 Å². The molecular weight excluding hydrogens is 392 g/mol. The summed E-state index contributed by atoms with van der Waals surface area (Å²) in [5.41, 5.74) is 0.249. The van der Waals surface area contributed by atoms with Crippen molar-refractivity contribution in [3.8, 4) is 0 Å². The van der Waals surface area contributed by atoms with Gasteiger partial charge in [-0.2, -0.15) is 18.2 Å². The van der Waals surface area contributed by atoms with Crippen LogP contribution in [0.25, 0.3) is 0 Å². The first-order valence-corrected chi connectivity index (χ1v) is 8.10. The quantitative estimate of drug-likeness (QED) is 0.506. The Labute approximate surface area is 123 Å². The Morgan fingerprint density at radius 2 is 1.11 bits per heavy atom. The van der Waals surface area contributed by atoms with E-state index in [4.69, 9.17) is 0 Å². The maximum absolute atomic E-state index is 4.54. The molecule has 0 saturated heterocycles. The van der Waals surface area contributed by atoms with E-state index in [-0.39, 0.29) is 25.9 Å². The van der Waals surface area contributed by atoms with Crippen molar-refractivity contribution in [2.24, 2.45) is 6.99 Å². The summed E-state index contributed by atoms with van der Waals surface area (Å²) in [6, 6.07) is 10.0. The molecule has 18 heavy (non-hydrogen) atoms. The van der Waals surface area contributed by atoms with Crippen LogP contribution in [0.3, 0.4) is 0 Å². The van der Waals surface area contributed by atoms with Gasteiger partial charge in [0.1, 0.15) is 0 Å². The van der Waals surface area contributed by atoms with Gasteiger partial charge >= 0.3 is 77.8 Å². The van der Waals surface area contributed by atoms with Crippen LogP contribution in [-0.4, -0.2) is 11.1 Å². The summed E-state index contributed by atoms with van der Waals surface area (Å²) in [6.07, 6.45) is 0. The SMILES string of the molecule is CC(C)(C)[N]=[W]=[N]C(C)(C)C.[CH3-].[CH3-].c1cc[cH-]c1. The van der Waals surface area contributed by atoms with Gasteiger partial charge in [-0.3, -0.25) is 0 Å². The van der Waals surface area contributed by atoms with E-state index in [9.17, 15) is 0 Å². The zero-order valence-corrected chi connectivity index (χ0v) is 16.1. The molecule has 3 heteroatoms. The average Bonchev–Trinajstić information content (AvgIpc) is 2.54. The van der Waals surface area contributed by atoms with Crippen molar-refractivity contribution in [2.75, 3.05) is 0 Å². The first kappa shape index (κ1) is 22.8. The van der Waals surface area contributed by atoms with E-state index in [2.05, 4.69) is 48.5 Å². The Hall–Kier alpha value is -0.362. The van der Waals surface area contributed by atoms with Crippen molar-refractivity contribution < 1.29 is 18.2 Å². The third-order valence-corrected chi connectivity index (χ3v) is 5.71. The summed E-state index contributed by atoms with van der Waals surface area (Å²) in [5.74, 6) is 0. The van der Waals surface area contributed by atoms with Crippen LogP contribution in [0, 0.1) is 14.9 Å². The molecule has 0 spiro atoms. The first-order chi connectivity index (χ1) is 7.21. The van der Waals surface area contributed by atoms with Crippen LogP contribution < -0.4 is 0 Å². The summed E-state index contributed by atoms with van der Waals surface area (Å²) < 4.78 is 9.08. The van der Waals surface area contributed by atoms with Crippen LogP contribution in [0.15, 0.2) is 37.3 Å². The van der Waals surface area contributed by atoms with Gasteiger partial charge in [0.05, 0.1) is 0 Å². The van der Waals surface area contributed by atoms with Gasteiger partial charge in [-0.25, -0.2) is 12.1 Å². The molecule has 0 bridgehead atoms. The molecule has 0 unspecified atom stereocenters. The monoisotopic (exact) mass is 421 g/mol. The minimum absolute atomic E-state index is 0. The van der Waals surface area contributed by atoms with Crippen LogP contribution in [0.4, 0.5) is 0 Å². The molecule has 0 aromatic heterocycles. The predicted octanol–water partition coefficient (Wildman–Crippen LogP) is 5.34. The summed E-state index contributed by atoms with van der Waals surface area (Å²) in [5, 5.41) is 0.